The summed E-state index contributed by atoms with van der Waals surface area (Å²) >= 11 is 0. The van der Waals surface area contributed by atoms with E-state index in [0.717, 1.165) is 36.1 Å². The van der Waals surface area contributed by atoms with Crippen LogP contribution >= 0.6 is 0 Å². The number of hydrogen-bond acceptors (Lipinski definition) is 7. The molecule has 284 valence electrons. The van der Waals surface area contributed by atoms with E-state index in [0.29, 0.717) is 11.5 Å². The highest BCUT2D eigenvalue weighted by Gasteiger charge is 2.39. The van der Waals surface area contributed by atoms with Gasteiger partial charge in [-0.1, -0.05) is 57.2 Å². The Morgan fingerprint density at radius 3 is 2.02 bits per heavy atom. The highest BCUT2D eigenvalue weighted by molar-refractivity contribution is 7.89. The monoisotopic (exact) mass is 764 g/mol. The molecule has 0 spiro atoms. The molecule has 0 heterocycles. The van der Waals surface area contributed by atoms with Crippen LogP contribution in [0.5, 0.6) is 0 Å². The zero-order chi connectivity index (χ0) is 39.2. The Balaban J connectivity index is 1.55. The number of anilines is 2. The van der Waals surface area contributed by atoms with Gasteiger partial charge in [0.25, 0.3) is 10.9 Å². The molecule has 1 amide bonds. The number of nitrogens with zero attached hydrogens (tertiary/aromatic N) is 3. The van der Waals surface area contributed by atoms with Crippen molar-refractivity contribution in [3.63, 3.8) is 0 Å². The lowest BCUT2D eigenvalue weighted by Gasteiger charge is -2.29. The molecular weight excluding hydrogens is 726 g/mol. The van der Waals surface area contributed by atoms with E-state index >= 15 is 0 Å². The number of nitrogens with one attached hydrogen (secondary N) is 1. The number of benzene rings is 3. The summed E-state index contributed by atoms with van der Waals surface area (Å²) in [6, 6.07) is 10.6. The zero-order valence-corrected chi connectivity index (χ0v) is 30.4. The van der Waals surface area contributed by atoms with Gasteiger partial charge in [-0.25, -0.2) is 34.8 Å². The van der Waals surface area contributed by atoms with Crippen LogP contribution in [0.3, 0.4) is 0 Å². The summed E-state index contributed by atoms with van der Waals surface area (Å²) in [5, 5.41) is 2.84. The summed E-state index contributed by atoms with van der Waals surface area (Å²) in [6.45, 7) is 3.32. The van der Waals surface area contributed by atoms with Gasteiger partial charge in [-0.05, 0) is 46.9 Å². The van der Waals surface area contributed by atoms with E-state index in [1.807, 2.05) is 32.9 Å². The molecule has 0 unspecified atom stereocenters. The Labute approximate surface area is 302 Å². The van der Waals surface area contributed by atoms with E-state index in [1.165, 1.54) is 21.9 Å². The number of amides is 1. The standard InChI is InChI=1S/C37H38F6N4O5S/c1-37(2,3)24-15-20(14-23(16-24)21-10-11-21)17-46(13-12-44-32-33(45(4)5)35(50)34(32)49)26(48)19-47(18-22-8-6-7-9-25(22)38)53(51,52)36-30(42)28(40)27(39)29(41)31(36)43/h6-9,14-16,21,44H,10-13,17-19H2,1-5H3. The van der Waals surface area contributed by atoms with Gasteiger partial charge in [0.05, 0.1) is 6.54 Å². The number of sulfonamides is 1. The lowest BCUT2D eigenvalue weighted by atomic mass is 9.84. The van der Waals surface area contributed by atoms with Gasteiger partial charge < -0.3 is 15.1 Å². The summed E-state index contributed by atoms with van der Waals surface area (Å²) in [5.74, 6) is -14.6. The van der Waals surface area contributed by atoms with Crippen LogP contribution in [-0.2, 0) is 33.3 Å². The Hall–Kier alpha value is -4.70. The lowest BCUT2D eigenvalue weighted by molar-refractivity contribution is -0.132. The quantitative estimate of drug-likeness (QED) is 0.0762. The predicted molar refractivity (Wildman–Crippen MR) is 187 cm³/mol. The van der Waals surface area contributed by atoms with Gasteiger partial charge in [-0.3, -0.25) is 14.4 Å². The molecule has 4 aromatic carbocycles. The van der Waals surface area contributed by atoms with Crippen LogP contribution < -0.4 is 21.1 Å². The van der Waals surface area contributed by atoms with Crippen LogP contribution in [0.15, 0.2) is 56.9 Å². The SMILES string of the molecule is CN(C)c1c(NCCN(Cc2cc(C3CC3)cc(C(C)(C)C)c2)C(=O)CN(Cc2ccccc2F)S(=O)(=O)c2c(F)c(F)c(F)c(F)c2F)c(=O)c1=O. The molecule has 1 fully saturated rings. The van der Waals surface area contributed by atoms with Crippen molar-refractivity contribution >= 4 is 27.3 Å². The van der Waals surface area contributed by atoms with Gasteiger partial charge in [0, 0.05) is 45.8 Å². The molecule has 0 bridgehead atoms. The van der Waals surface area contributed by atoms with Crippen LogP contribution in [0, 0.1) is 34.9 Å². The third-order valence-corrected chi connectivity index (χ3v) is 10.9. The third-order valence-electron chi connectivity index (χ3n) is 9.06. The van der Waals surface area contributed by atoms with Gasteiger partial charge in [-0.15, -0.1) is 0 Å². The molecule has 0 aliphatic heterocycles. The van der Waals surface area contributed by atoms with Gasteiger partial charge in [-0.2, -0.15) is 4.31 Å². The second kappa shape index (κ2) is 15.0. The first-order valence-electron chi connectivity index (χ1n) is 16.7. The smallest absolute Gasteiger partial charge is 0.253 e. The molecule has 1 N–H and O–H groups in total. The zero-order valence-electron chi connectivity index (χ0n) is 29.6. The minimum atomic E-state index is -5.72. The molecule has 0 saturated heterocycles. The first kappa shape index (κ1) is 39.5. The average Bonchev–Trinajstić information content (AvgIpc) is 3.94. The van der Waals surface area contributed by atoms with Crippen molar-refractivity contribution in [2.45, 2.75) is 62.9 Å². The Bertz CT molecular complexity index is 2220. The van der Waals surface area contributed by atoms with Crippen molar-refractivity contribution < 1.29 is 39.6 Å². The molecule has 9 nitrogen and oxygen atoms in total. The van der Waals surface area contributed by atoms with Crippen molar-refractivity contribution in [3.8, 4) is 0 Å². The molecule has 1 aliphatic rings. The van der Waals surface area contributed by atoms with Gasteiger partial charge in [0.1, 0.15) is 17.2 Å². The summed E-state index contributed by atoms with van der Waals surface area (Å²) in [4.78, 5) is 39.1. The van der Waals surface area contributed by atoms with E-state index in [4.69, 9.17) is 0 Å². The van der Waals surface area contributed by atoms with Gasteiger partial charge in [0.15, 0.2) is 28.2 Å². The molecule has 5 rings (SSSR count). The van der Waals surface area contributed by atoms with E-state index in [-0.39, 0.29) is 46.3 Å². The molecule has 0 radical (unpaired) electrons. The maximum Gasteiger partial charge on any atom is 0.253 e. The fraction of sp³-hybridized carbons (Fsp3) is 0.378. The van der Waals surface area contributed by atoms with Crippen molar-refractivity contribution in [2.75, 3.05) is 43.9 Å². The van der Waals surface area contributed by atoms with Crippen LogP contribution in [0.25, 0.3) is 0 Å². The lowest BCUT2D eigenvalue weighted by Crippen LogP contribution is -2.45. The molecule has 16 heteroatoms. The maximum atomic E-state index is 15.0. The number of hydrogen-bond donors (Lipinski definition) is 1. The topological polar surface area (TPSA) is 107 Å². The first-order chi connectivity index (χ1) is 24.7. The molecular formula is C37H38F6N4O5S. The van der Waals surface area contributed by atoms with Crippen LogP contribution in [0.1, 0.15) is 61.8 Å². The molecule has 53 heavy (non-hydrogen) atoms. The van der Waals surface area contributed by atoms with E-state index in [2.05, 4.69) is 11.4 Å². The highest BCUT2D eigenvalue weighted by atomic mass is 32.2. The van der Waals surface area contributed by atoms with E-state index < -0.39 is 79.7 Å². The fourth-order valence-electron chi connectivity index (χ4n) is 5.93. The van der Waals surface area contributed by atoms with Gasteiger partial charge >= 0.3 is 0 Å². The number of carbonyl (C=O) groups excluding carboxylic acids is 1. The predicted octanol–water partition coefficient (Wildman–Crippen LogP) is 5.69. The van der Waals surface area contributed by atoms with Crippen molar-refractivity contribution in [1.29, 1.82) is 0 Å². The van der Waals surface area contributed by atoms with Crippen molar-refractivity contribution in [2.24, 2.45) is 0 Å². The Kier molecular flexibility index (Phi) is 11.2. The second-order valence-electron chi connectivity index (χ2n) is 14.3. The number of carbonyl (C=O) groups is 1. The highest BCUT2D eigenvalue weighted by Crippen LogP contribution is 2.42. The fourth-order valence-corrected chi connectivity index (χ4v) is 7.41. The van der Waals surface area contributed by atoms with Crippen LogP contribution in [-0.4, -0.2) is 57.3 Å². The van der Waals surface area contributed by atoms with Crippen molar-refractivity contribution in [1.82, 2.24) is 9.21 Å². The summed E-state index contributed by atoms with van der Waals surface area (Å²) in [6.07, 6.45) is 1.94. The summed E-state index contributed by atoms with van der Waals surface area (Å²) < 4.78 is 115. The minimum Gasteiger partial charge on any atom is -0.378 e. The molecule has 1 aliphatic carbocycles. The normalized spacial score (nSPS) is 13.5. The number of rotatable bonds is 14. The maximum absolute atomic E-state index is 15.0. The largest absolute Gasteiger partial charge is 0.378 e. The molecule has 0 atom stereocenters. The van der Waals surface area contributed by atoms with Crippen LogP contribution in [0.4, 0.5) is 37.7 Å². The van der Waals surface area contributed by atoms with E-state index in [1.54, 1.807) is 14.1 Å². The Morgan fingerprint density at radius 1 is 0.849 bits per heavy atom. The summed E-state index contributed by atoms with van der Waals surface area (Å²) in [5.41, 5.74) is 0.619. The minimum absolute atomic E-state index is 0.00761. The van der Waals surface area contributed by atoms with E-state index in [9.17, 15) is 49.1 Å². The van der Waals surface area contributed by atoms with Gasteiger partial charge in [0.2, 0.25) is 21.7 Å². The molecule has 1 saturated carbocycles. The molecule has 0 aromatic heterocycles. The average molecular weight is 765 g/mol. The third kappa shape index (κ3) is 8.12. The molecule has 4 aromatic rings. The van der Waals surface area contributed by atoms with Crippen LogP contribution in [0.2, 0.25) is 0 Å². The summed E-state index contributed by atoms with van der Waals surface area (Å²) in [7, 11) is -2.60. The first-order valence-corrected chi connectivity index (χ1v) is 18.1. The Morgan fingerprint density at radius 2 is 1.45 bits per heavy atom. The number of halogens is 6. The van der Waals surface area contributed by atoms with Crippen molar-refractivity contribution in [3.05, 3.63) is 120 Å². The second-order valence-corrected chi connectivity index (χ2v) is 16.1.